The summed E-state index contributed by atoms with van der Waals surface area (Å²) >= 11 is 0. The standard InChI is InChI=1S/C21H25BN2O3/c1-13-4-8-18-15(12-27-21(18)14(13)2)10-19(22)24-20(25)9-6-16-5-7-17(26-3)11-23-16/h4-5,7-8,11,15,19H,6,9-10,12H2,1-3H3,(H,24,25)/t15?,19-/m0/s1. The Kier molecular flexibility index (Phi) is 6.04. The lowest BCUT2D eigenvalue weighted by Crippen LogP contribution is -2.36. The van der Waals surface area contributed by atoms with Crippen LogP contribution in [0.3, 0.4) is 0 Å². The van der Waals surface area contributed by atoms with Crippen LogP contribution in [-0.2, 0) is 11.2 Å². The molecule has 1 aliphatic heterocycles. The van der Waals surface area contributed by atoms with Crippen molar-refractivity contribution in [2.45, 2.75) is 45.0 Å². The first-order valence-corrected chi connectivity index (χ1v) is 9.24. The number of aryl methyl sites for hydroxylation is 2. The summed E-state index contributed by atoms with van der Waals surface area (Å²) < 4.78 is 10.9. The molecule has 1 aromatic carbocycles. The predicted molar refractivity (Wildman–Crippen MR) is 106 cm³/mol. The number of hydrogen-bond acceptors (Lipinski definition) is 4. The highest BCUT2D eigenvalue weighted by Crippen LogP contribution is 2.39. The first-order chi connectivity index (χ1) is 13.0. The lowest BCUT2D eigenvalue weighted by atomic mass is 9.83. The second-order valence-electron chi connectivity index (χ2n) is 7.03. The van der Waals surface area contributed by atoms with Gasteiger partial charge in [0, 0.05) is 23.6 Å². The van der Waals surface area contributed by atoms with Crippen LogP contribution in [-0.4, -0.2) is 38.4 Å². The van der Waals surface area contributed by atoms with E-state index in [2.05, 4.69) is 36.3 Å². The molecule has 6 heteroatoms. The fraction of sp³-hybridized carbons (Fsp3) is 0.429. The Bertz CT molecular complexity index is 808. The summed E-state index contributed by atoms with van der Waals surface area (Å²) in [5, 5.41) is 2.89. The number of rotatable bonds is 7. The fourth-order valence-corrected chi connectivity index (χ4v) is 3.36. The molecule has 0 spiro atoms. The molecule has 27 heavy (non-hydrogen) atoms. The zero-order valence-corrected chi connectivity index (χ0v) is 16.1. The van der Waals surface area contributed by atoms with E-state index in [1.54, 1.807) is 13.3 Å². The molecule has 0 aliphatic carbocycles. The van der Waals surface area contributed by atoms with Crippen molar-refractivity contribution in [2.75, 3.05) is 13.7 Å². The van der Waals surface area contributed by atoms with Gasteiger partial charge >= 0.3 is 0 Å². The number of carbonyl (C=O) groups is 1. The van der Waals surface area contributed by atoms with Gasteiger partial charge < -0.3 is 14.8 Å². The summed E-state index contributed by atoms with van der Waals surface area (Å²) in [4.78, 5) is 16.5. The van der Waals surface area contributed by atoms with E-state index in [0.717, 1.165) is 11.4 Å². The summed E-state index contributed by atoms with van der Waals surface area (Å²) in [6.45, 7) is 4.76. The molecule has 1 aliphatic rings. The Morgan fingerprint density at radius 3 is 2.89 bits per heavy atom. The van der Waals surface area contributed by atoms with E-state index in [9.17, 15) is 4.79 Å². The van der Waals surface area contributed by atoms with Crippen molar-refractivity contribution in [1.29, 1.82) is 0 Å². The van der Waals surface area contributed by atoms with Gasteiger partial charge in [0.1, 0.15) is 11.5 Å². The van der Waals surface area contributed by atoms with Crippen molar-refractivity contribution < 1.29 is 14.3 Å². The molecule has 3 rings (SSSR count). The van der Waals surface area contributed by atoms with E-state index in [1.807, 2.05) is 12.1 Å². The summed E-state index contributed by atoms with van der Waals surface area (Å²) in [6, 6.07) is 7.93. The number of ether oxygens (including phenoxy) is 2. The highest BCUT2D eigenvalue weighted by Gasteiger charge is 2.27. The van der Waals surface area contributed by atoms with Gasteiger partial charge in [-0.2, -0.15) is 0 Å². The summed E-state index contributed by atoms with van der Waals surface area (Å²) in [5.41, 5.74) is 4.44. The minimum absolute atomic E-state index is 0.0701. The van der Waals surface area contributed by atoms with Gasteiger partial charge in [0.25, 0.3) is 0 Å². The van der Waals surface area contributed by atoms with Crippen LogP contribution < -0.4 is 14.8 Å². The highest BCUT2D eigenvalue weighted by molar-refractivity contribution is 6.13. The van der Waals surface area contributed by atoms with Gasteiger partial charge in [-0.3, -0.25) is 9.78 Å². The van der Waals surface area contributed by atoms with Gasteiger partial charge in [0.2, 0.25) is 5.91 Å². The van der Waals surface area contributed by atoms with E-state index in [0.29, 0.717) is 31.6 Å². The Morgan fingerprint density at radius 1 is 1.37 bits per heavy atom. The molecule has 0 saturated heterocycles. The Morgan fingerprint density at radius 2 is 2.19 bits per heavy atom. The van der Waals surface area contributed by atoms with E-state index >= 15 is 0 Å². The van der Waals surface area contributed by atoms with Crippen LogP contribution >= 0.6 is 0 Å². The minimum Gasteiger partial charge on any atom is -0.495 e. The Labute approximate surface area is 161 Å². The minimum atomic E-state index is -0.400. The monoisotopic (exact) mass is 364 g/mol. The number of aromatic nitrogens is 1. The van der Waals surface area contributed by atoms with Crippen LogP contribution in [0.5, 0.6) is 11.5 Å². The maximum atomic E-state index is 12.2. The molecule has 2 heterocycles. The van der Waals surface area contributed by atoms with Crippen LogP contribution in [0.4, 0.5) is 0 Å². The SMILES string of the molecule is [B][C@H](CC1COc2c1ccc(C)c2C)NC(=O)CCc1ccc(OC)cn1. The summed E-state index contributed by atoms with van der Waals surface area (Å²) in [5.74, 6) is 1.42. The van der Waals surface area contributed by atoms with Gasteiger partial charge in [0.05, 0.1) is 27.8 Å². The molecule has 0 fully saturated rings. The maximum Gasteiger partial charge on any atom is 0.219 e. The molecule has 0 bridgehead atoms. The van der Waals surface area contributed by atoms with Crippen molar-refractivity contribution >= 4 is 13.8 Å². The van der Waals surface area contributed by atoms with E-state index in [-0.39, 0.29) is 11.8 Å². The lowest BCUT2D eigenvalue weighted by Gasteiger charge is -2.18. The Hall–Kier alpha value is -2.50. The number of carbonyl (C=O) groups excluding carboxylic acids is 1. The van der Waals surface area contributed by atoms with Crippen LogP contribution in [0.2, 0.25) is 0 Å². The molecule has 0 saturated carbocycles. The third-order valence-corrected chi connectivity index (χ3v) is 5.10. The third kappa shape index (κ3) is 4.62. The molecule has 2 atom stereocenters. The number of pyridine rings is 1. The zero-order chi connectivity index (χ0) is 19.4. The topological polar surface area (TPSA) is 60.5 Å². The number of methoxy groups -OCH3 is 1. The van der Waals surface area contributed by atoms with Gasteiger partial charge in [-0.05, 0) is 55.9 Å². The highest BCUT2D eigenvalue weighted by atomic mass is 16.5. The number of benzene rings is 1. The summed E-state index contributed by atoms with van der Waals surface area (Å²) in [6.07, 6.45) is 3.22. The van der Waals surface area contributed by atoms with Crippen molar-refractivity contribution in [3.63, 3.8) is 0 Å². The zero-order valence-electron chi connectivity index (χ0n) is 16.1. The normalized spacial score (nSPS) is 16.3. The quantitative estimate of drug-likeness (QED) is 0.768. The molecular formula is C21H25BN2O3. The van der Waals surface area contributed by atoms with Crippen LogP contribution in [0.25, 0.3) is 0 Å². The molecule has 140 valence electrons. The molecular weight excluding hydrogens is 339 g/mol. The van der Waals surface area contributed by atoms with Gasteiger partial charge in [-0.1, -0.05) is 12.1 Å². The van der Waals surface area contributed by atoms with Crippen molar-refractivity contribution in [1.82, 2.24) is 10.3 Å². The lowest BCUT2D eigenvalue weighted by molar-refractivity contribution is -0.121. The number of fused-ring (bicyclic) bond motifs is 1. The average molecular weight is 364 g/mol. The molecule has 2 aromatic rings. The average Bonchev–Trinajstić information content (AvgIpc) is 3.06. The smallest absolute Gasteiger partial charge is 0.219 e. The maximum absolute atomic E-state index is 12.2. The first-order valence-electron chi connectivity index (χ1n) is 9.24. The number of hydrogen-bond donors (Lipinski definition) is 1. The molecule has 5 nitrogen and oxygen atoms in total. The second-order valence-corrected chi connectivity index (χ2v) is 7.03. The fourth-order valence-electron chi connectivity index (χ4n) is 3.36. The van der Waals surface area contributed by atoms with Crippen molar-refractivity contribution in [3.05, 3.63) is 52.8 Å². The van der Waals surface area contributed by atoms with Gasteiger partial charge in [-0.15, -0.1) is 0 Å². The number of amides is 1. The molecule has 1 unspecified atom stereocenters. The first kappa shape index (κ1) is 19.3. The molecule has 2 radical (unpaired) electrons. The third-order valence-electron chi connectivity index (χ3n) is 5.10. The number of nitrogens with zero attached hydrogens (tertiary/aromatic N) is 1. The second kappa shape index (κ2) is 8.46. The van der Waals surface area contributed by atoms with Crippen LogP contribution in [0.15, 0.2) is 30.5 Å². The number of nitrogens with one attached hydrogen (secondary N) is 1. The molecule has 1 amide bonds. The largest absolute Gasteiger partial charge is 0.495 e. The molecule has 1 N–H and O–H groups in total. The van der Waals surface area contributed by atoms with Crippen LogP contribution in [0, 0.1) is 13.8 Å². The van der Waals surface area contributed by atoms with Crippen LogP contribution in [0.1, 0.15) is 41.1 Å². The Balaban J connectivity index is 1.49. The van der Waals surface area contributed by atoms with Gasteiger partial charge in [-0.25, -0.2) is 0 Å². The van der Waals surface area contributed by atoms with Crippen molar-refractivity contribution in [3.8, 4) is 11.5 Å². The summed E-state index contributed by atoms with van der Waals surface area (Å²) in [7, 11) is 7.77. The van der Waals surface area contributed by atoms with E-state index in [4.69, 9.17) is 17.3 Å². The van der Waals surface area contributed by atoms with E-state index in [1.165, 1.54) is 16.7 Å². The van der Waals surface area contributed by atoms with E-state index < -0.39 is 5.94 Å². The predicted octanol–water partition coefficient (Wildman–Crippen LogP) is 2.82. The molecule has 1 aromatic heterocycles. The van der Waals surface area contributed by atoms with Gasteiger partial charge in [0.15, 0.2) is 0 Å². The van der Waals surface area contributed by atoms with Crippen molar-refractivity contribution in [2.24, 2.45) is 0 Å².